The zero-order valence-electron chi connectivity index (χ0n) is 14.1. The molecule has 5 nitrogen and oxygen atoms in total. The number of carbonyl (C=O) groups is 1. The summed E-state index contributed by atoms with van der Waals surface area (Å²) in [6, 6.07) is 10.5. The third kappa shape index (κ3) is 3.65. The van der Waals surface area contributed by atoms with Gasteiger partial charge in [0.05, 0.1) is 6.54 Å². The normalized spacial score (nSPS) is 21.9. The molecule has 2 aromatic rings. The lowest BCUT2D eigenvalue weighted by atomic mass is 9.83. The smallest absolute Gasteiger partial charge is 0.250 e. The quantitative estimate of drug-likeness (QED) is 0.873. The van der Waals surface area contributed by atoms with Gasteiger partial charge in [-0.3, -0.25) is 14.5 Å². The van der Waals surface area contributed by atoms with Crippen molar-refractivity contribution in [1.82, 2.24) is 9.47 Å². The third-order valence-corrected chi connectivity index (χ3v) is 5.51. The molecule has 0 spiro atoms. The van der Waals surface area contributed by atoms with E-state index in [4.69, 9.17) is 23.2 Å². The van der Waals surface area contributed by atoms with Gasteiger partial charge in [-0.25, -0.2) is 0 Å². The van der Waals surface area contributed by atoms with E-state index in [9.17, 15) is 9.59 Å². The molecular formula is C19H19Cl2N3O2. The molecule has 1 aromatic carbocycles. The monoisotopic (exact) mass is 391 g/mol. The van der Waals surface area contributed by atoms with Gasteiger partial charge in [-0.2, -0.15) is 0 Å². The van der Waals surface area contributed by atoms with E-state index in [1.54, 1.807) is 24.3 Å². The first-order valence-electron chi connectivity index (χ1n) is 8.66. The lowest BCUT2D eigenvalue weighted by molar-refractivity contribution is -0.117. The molecule has 1 amide bonds. The van der Waals surface area contributed by atoms with E-state index >= 15 is 0 Å². The van der Waals surface area contributed by atoms with Crippen LogP contribution in [-0.2, 0) is 11.3 Å². The number of anilines is 1. The Labute approximate surface area is 161 Å². The largest absolute Gasteiger partial charge is 0.325 e. The predicted octanol–water partition coefficient (Wildman–Crippen LogP) is 3.21. The van der Waals surface area contributed by atoms with Crippen LogP contribution in [0.4, 0.5) is 5.69 Å². The Hall–Kier alpha value is -1.82. The number of pyridine rings is 1. The maximum absolute atomic E-state index is 12.4. The molecule has 2 atom stereocenters. The van der Waals surface area contributed by atoms with Crippen molar-refractivity contribution in [2.75, 3.05) is 25.0 Å². The molecule has 0 aliphatic carbocycles. The zero-order valence-corrected chi connectivity index (χ0v) is 15.6. The van der Waals surface area contributed by atoms with E-state index in [1.807, 2.05) is 16.7 Å². The van der Waals surface area contributed by atoms with Crippen LogP contribution in [0.3, 0.4) is 0 Å². The van der Waals surface area contributed by atoms with Crippen LogP contribution < -0.4 is 10.9 Å². The van der Waals surface area contributed by atoms with Gasteiger partial charge in [0.2, 0.25) is 5.91 Å². The first kappa shape index (κ1) is 17.6. The molecule has 0 radical (unpaired) electrons. The van der Waals surface area contributed by atoms with Crippen molar-refractivity contribution in [2.45, 2.75) is 18.9 Å². The molecule has 2 bridgehead atoms. The summed E-state index contributed by atoms with van der Waals surface area (Å²) in [5.74, 6) is 0.605. The average Bonchev–Trinajstić information content (AvgIpc) is 2.54. The van der Waals surface area contributed by atoms with E-state index in [-0.39, 0.29) is 11.5 Å². The van der Waals surface area contributed by atoms with Crippen LogP contribution in [0.25, 0.3) is 0 Å². The summed E-state index contributed by atoms with van der Waals surface area (Å²) in [4.78, 5) is 26.7. The molecule has 0 unspecified atom stereocenters. The Morgan fingerprint density at radius 1 is 1.12 bits per heavy atom. The number of nitrogens with one attached hydrogen (secondary N) is 1. The van der Waals surface area contributed by atoms with Gasteiger partial charge in [-0.05, 0) is 36.6 Å². The van der Waals surface area contributed by atoms with Gasteiger partial charge in [-0.15, -0.1) is 0 Å². The van der Waals surface area contributed by atoms with Crippen molar-refractivity contribution in [3.8, 4) is 0 Å². The number of rotatable bonds is 3. The minimum atomic E-state index is -0.0891. The number of aromatic nitrogens is 1. The molecule has 1 fully saturated rings. The van der Waals surface area contributed by atoms with Crippen molar-refractivity contribution >= 4 is 34.8 Å². The molecule has 1 N–H and O–H groups in total. The fourth-order valence-corrected chi connectivity index (χ4v) is 4.68. The van der Waals surface area contributed by atoms with E-state index in [0.29, 0.717) is 34.1 Å². The van der Waals surface area contributed by atoms with Gasteiger partial charge in [-0.1, -0.05) is 29.3 Å². The predicted molar refractivity (Wildman–Crippen MR) is 103 cm³/mol. The van der Waals surface area contributed by atoms with Crippen LogP contribution in [0.2, 0.25) is 10.0 Å². The molecule has 0 saturated carbocycles. The van der Waals surface area contributed by atoms with Gasteiger partial charge >= 0.3 is 0 Å². The molecule has 136 valence electrons. The zero-order chi connectivity index (χ0) is 18.3. The van der Waals surface area contributed by atoms with Crippen molar-refractivity contribution in [1.29, 1.82) is 0 Å². The summed E-state index contributed by atoms with van der Waals surface area (Å²) >= 11 is 12.0. The van der Waals surface area contributed by atoms with Gasteiger partial charge in [0.1, 0.15) is 0 Å². The van der Waals surface area contributed by atoms with Crippen molar-refractivity contribution in [3.63, 3.8) is 0 Å². The number of fused-ring (bicyclic) bond motifs is 4. The fourth-order valence-electron chi connectivity index (χ4n) is 4.15. The van der Waals surface area contributed by atoms with Gasteiger partial charge in [0, 0.05) is 53.0 Å². The number of hydrogen-bond acceptors (Lipinski definition) is 3. The number of nitrogens with zero attached hydrogens (tertiary/aromatic N) is 2. The van der Waals surface area contributed by atoms with E-state index < -0.39 is 0 Å². The number of halogens is 2. The van der Waals surface area contributed by atoms with E-state index in [2.05, 4.69) is 10.2 Å². The number of carbonyl (C=O) groups excluding carboxylic acids is 1. The molecule has 2 aliphatic heterocycles. The van der Waals surface area contributed by atoms with Gasteiger partial charge in [0.15, 0.2) is 0 Å². The maximum Gasteiger partial charge on any atom is 0.250 e. The Kier molecular flexibility index (Phi) is 4.78. The molecule has 3 heterocycles. The summed E-state index contributed by atoms with van der Waals surface area (Å²) < 4.78 is 1.89. The van der Waals surface area contributed by atoms with Crippen molar-refractivity contribution < 1.29 is 4.79 Å². The summed E-state index contributed by atoms with van der Waals surface area (Å²) in [6.07, 6.45) is 1.07. The Morgan fingerprint density at radius 2 is 1.88 bits per heavy atom. The number of piperidine rings is 1. The molecule has 1 saturated heterocycles. The molecular weight excluding hydrogens is 373 g/mol. The average molecular weight is 392 g/mol. The molecule has 2 aliphatic rings. The maximum atomic E-state index is 12.4. The second-order valence-electron chi connectivity index (χ2n) is 7.10. The topological polar surface area (TPSA) is 54.3 Å². The minimum Gasteiger partial charge on any atom is -0.325 e. The van der Waals surface area contributed by atoms with Crippen molar-refractivity contribution in [3.05, 3.63) is 62.5 Å². The summed E-state index contributed by atoms with van der Waals surface area (Å²) in [6.45, 7) is 2.65. The molecule has 4 rings (SSSR count). The highest BCUT2D eigenvalue weighted by Crippen LogP contribution is 2.34. The van der Waals surface area contributed by atoms with Crippen LogP contribution in [-0.4, -0.2) is 35.0 Å². The van der Waals surface area contributed by atoms with Crippen LogP contribution >= 0.6 is 23.2 Å². The van der Waals surface area contributed by atoms with E-state index in [1.165, 1.54) is 0 Å². The highest BCUT2D eigenvalue weighted by Gasteiger charge is 2.34. The Morgan fingerprint density at radius 3 is 2.65 bits per heavy atom. The summed E-state index contributed by atoms with van der Waals surface area (Å²) in [5, 5.41) is 3.84. The van der Waals surface area contributed by atoms with E-state index in [0.717, 1.165) is 31.7 Å². The lowest BCUT2D eigenvalue weighted by Gasteiger charge is -2.42. The first-order chi connectivity index (χ1) is 12.5. The Bertz CT molecular complexity index is 892. The SMILES string of the molecule is O=C(CN1C[C@@H]2C[C@H](C1)c1cccc(=O)n1C2)Nc1cc(Cl)cc(Cl)c1. The lowest BCUT2D eigenvalue weighted by Crippen LogP contribution is -2.49. The van der Waals surface area contributed by atoms with Crippen LogP contribution in [0.15, 0.2) is 41.2 Å². The second-order valence-corrected chi connectivity index (χ2v) is 7.97. The van der Waals surface area contributed by atoms with Gasteiger partial charge < -0.3 is 9.88 Å². The number of benzene rings is 1. The number of likely N-dealkylation sites (tertiary alicyclic amines) is 1. The third-order valence-electron chi connectivity index (χ3n) is 5.07. The van der Waals surface area contributed by atoms with Gasteiger partial charge in [0.25, 0.3) is 5.56 Å². The Balaban J connectivity index is 1.44. The highest BCUT2D eigenvalue weighted by molar-refractivity contribution is 6.35. The second kappa shape index (κ2) is 7.06. The number of amides is 1. The molecule has 7 heteroatoms. The molecule has 1 aromatic heterocycles. The first-order valence-corrected chi connectivity index (χ1v) is 9.41. The highest BCUT2D eigenvalue weighted by atomic mass is 35.5. The standard InChI is InChI=1S/C19H19Cl2N3O2/c20-14-5-15(21)7-16(6-14)22-18(25)11-23-8-12-4-13(10-23)17-2-1-3-19(26)24(17)9-12/h1-3,5-7,12-13H,4,8-11H2,(H,22,25)/t12-,13+/m0/s1. The molecule has 26 heavy (non-hydrogen) atoms. The summed E-state index contributed by atoms with van der Waals surface area (Å²) in [7, 11) is 0. The summed E-state index contributed by atoms with van der Waals surface area (Å²) in [5.41, 5.74) is 1.75. The minimum absolute atomic E-state index is 0.0706. The van der Waals surface area contributed by atoms with Crippen LogP contribution in [0.5, 0.6) is 0 Å². The van der Waals surface area contributed by atoms with Crippen LogP contribution in [0, 0.1) is 5.92 Å². The fraction of sp³-hybridized carbons (Fsp3) is 0.368. The van der Waals surface area contributed by atoms with Crippen LogP contribution in [0.1, 0.15) is 18.0 Å². The van der Waals surface area contributed by atoms with Crippen molar-refractivity contribution in [2.24, 2.45) is 5.92 Å². The number of hydrogen-bond donors (Lipinski definition) is 1.